The molecule has 2 nitrogen and oxygen atoms in total. The predicted octanol–water partition coefficient (Wildman–Crippen LogP) is 5.20. The van der Waals surface area contributed by atoms with Crippen molar-refractivity contribution in [1.29, 1.82) is 0 Å². The second-order valence-corrected chi connectivity index (χ2v) is 7.98. The van der Waals surface area contributed by atoms with Crippen molar-refractivity contribution >= 4 is 0 Å². The van der Waals surface area contributed by atoms with Crippen molar-refractivity contribution in [2.75, 3.05) is 13.2 Å². The van der Waals surface area contributed by atoms with E-state index in [9.17, 15) is 10.2 Å². The minimum atomic E-state index is -0.646. The molecule has 0 saturated carbocycles. The van der Waals surface area contributed by atoms with E-state index in [0.717, 1.165) is 28.7 Å². The van der Waals surface area contributed by atoms with Crippen LogP contribution in [0.15, 0.2) is 97.1 Å². The van der Waals surface area contributed by atoms with Crippen LogP contribution in [-0.4, -0.2) is 23.4 Å². The summed E-state index contributed by atoms with van der Waals surface area (Å²) in [4.78, 5) is 0. The minimum Gasteiger partial charge on any atom is -0.395 e. The third-order valence-electron chi connectivity index (χ3n) is 6.42. The molecule has 0 aromatic heterocycles. The van der Waals surface area contributed by atoms with E-state index < -0.39 is 5.41 Å². The summed E-state index contributed by atoms with van der Waals surface area (Å²) in [5.74, 6) is 0. The van der Waals surface area contributed by atoms with Gasteiger partial charge in [-0.05, 0) is 50.9 Å². The van der Waals surface area contributed by atoms with E-state index in [1.54, 1.807) is 0 Å². The molecule has 4 aromatic rings. The van der Waals surface area contributed by atoms with Crippen LogP contribution in [0.3, 0.4) is 0 Å². The number of rotatable bonds is 2. The summed E-state index contributed by atoms with van der Waals surface area (Å²) in [6.45, 7) is -0.144. The number of aliphatic hydroxyl groups is 2. The zero-order chi connectivity index (χ0) is 20.6. The van der Waals surface area contributed by atoms with E-state index in [0.29, 0.717) is 0 Å². The zero-order valence-corrected chi connectivity index (χ0v) is 16.8. The van der Waals surface area contributed by atoms with Crippen LogP contribution in [-0.2, 0) is 11.8 Å². The third-order valence-corrected chi connectivity index (χ3v) is 6.42. The van der Waals surface area contributed by atoms with E-state index in [-0.39, 0.29) is 13.2 Å². The molecule has 148 valence electrons. The van der Waals surface area contributed by atoms with Crippen molar-refractivity contribution in [3.05, 3.63) is 119 Å². The fraction of sp³-hybridized carbons (Fsp3) is 0.143. The normalized spacial score (nSPS) is 14.1. The minimum absolute atomic E-state index is 0.0719. The van der Waals surface area contributed by atoms with Gasteiger partial charge < -0.3 is 10.2 Å². The van der Waals surface area contributed by atoms with Crippen molar-refractivity contribution in [2.24, 2.45) is 0 Å². The van der Waals surface area contributed by atoms with Crippen LogP contribution in [0.25, 0.3) is 22.3 Å². The molecule has 0 heterocycles. The molecule has 0 aliphatic heterocycles. The molecule has 2 aliphatic rings. The molecule has 6 rings (SSSR count). The highest BCUT2D eigenvalue weighted by atomic mass is 16.3. The Hall–Kier alpha value is -3.20. The van der Waals surface area contributed by atoms with Crippen molar-refractivity contribution in [1.82, 2.24) is 0 Å². The van der Waals surface area contributed by atoms with Crippen LogP contribution in [0.2, 0.25) is 0 Å². The SMILES string of the molecule is OCC1(CO)c2ccccc2-c2ccccc21.c1ccc2c(c1)Cc1ccccc1-2. The second-order valence-electron chi connectivity index (χ2n) is 7.98. The monoisotopic (exact) mass is 392 g/mol. The Labute approximate surface area is 177 Å². The molecule has 2 N–H and O–H groups in total. The Morgan fingerprint density at radius 1 is 0.500 bits per heavy atom. The van der Waals surface area contributed by atoms with E-state index in [1.807, 2.05) is 48.5 Å². The molecule has 2 aliphatic carbocycles. The lowest BCUT2D eigenvalue weighted by atomic mass is 9.80. The molecule has 0 radical (unpaired) electrons. The smallest absolute Gasteiger partial charge is 0.0676 e. The number of hydrogen-bond acceptors (Lipinski definition) is 2. The van der Waals surface area contributed by atoms with Gasteiger partial charge in [0.25, 0.3) is 0 Å². The first-order chi connectivity index (χ1) is 14.8. The molecular weight excluding hydrogens is 368 g/mol. The number of fused-ring (bicyclic) bond motifs is 6. The summed E-state index contributed by atoms with van der Waals surface area (Å²) in [5, 5.41) is 19.5. The largest absolute Gasteiger partial charge is 0.395 e. The van der Waals surface area contributed by atoms with Gasteiger partial charge >= 0.3 is 0 Å². The van der Waals surface area contributed by atoms with Crippen molar-refractivity contribution in [3.63, 3.8) is 0 Å². The first-order valence-corrected chi connectivity index (χ1v) is 10.4. The predicted molar refractivity (Wildman–Crippen MR) is 122 cm³/mol. The molecule has 30 heavy (non-hydrogen) atoms. The maximum absolute atomic E-state index is 9.75. The van der Waals surface area contributed by atoms with E-state index in [1.165, 1.54) is 22.3 Å². The lowest BCUT2D eigenvalue weighted by molar-refractivity contribution is 0.146. The molecular formula is C28H24O2. The zero-order valence-electron chi connectivity index (χ0n) is 16.8. The first kappa shape index (κ1) is 18.8. The summed E-state index contributed by atoms with van der Waals surface area (Å²) >= 11 is 0. The van der Waals surface area contributed by atoms with Crippen LogP contribution in [0, 0.1) is 0 Å². The second kappa shape index (κ2) is 7.56. The van der Waals surface area contributed by atoms with Crippen LogP contribution in [0.5, 0.6) is 0 Å². The summed E-state index contributed by atoms with van der Waals surface area (Å²) in [6, 6.07) is 33.2. The van der Waals surface area contributed by atoms with Gasteiger partial charge in [-0.1, -0.05) is 97.1 Å². The van der Waals surface area contributed by atoms with Gasteiger partial charge in [0, 0.05) is 0 Å². The maximum atomic E-state index is 9.75. The van der Waals surface area contributed by atoms with Gasteiger partial charge in [-0.2, -0.15) is 0 Å². The summed E-state index contributed by atoms with van der Waals surface area (Å²) in [5.41, 5.74) is 9.38. The molecule has 0 amide bonds. The Balaban J connectivity index is 0.000000133. The highest BCUT2D eigenvalue weighted by molar-refractivity contribution is 5.81. The van der Waals surface area contributed by atoms with Crippen molar-refractivity contribution < 1.29 is 10.2 Å². The van der Waals surface area contributed by atoms with Gasteiger partial charge in [-0.3, -0.25) is 0 Å². The molecule has 2 heteroatoms. The fourth-order valence-corrected chi connectivity index (χ4v) is 4.89. The van der Waals surface area contributed by atoms with Gasteiger partial charge in [0.1, 0.15) is 0 Å². The van der Waals surface area contributed by atoms with E-state index >= 15 is 0 Å². The Kier molecular flexibility index (Phi) is 4.74. The summed E-state index contributed by atoms with van der Waals surface area (Å²) < 4.78 is 0. The highest BCUT2D eigenvalue weighted by Crippen LogP contribution is 2.48. The molecule has 0 bridgehead atoms. The van der Waals surface area contributed by atoms with Gasteiger partial charge in [0.05, 0.1) is 18.6 Å². The Bertz CT molecular complexity index is 1110. The molecule has 0 unspecified atom stereocenters. The number of hydrogen-bond donors (Lipinski definition) is 2. The maximum Gasteiger partial charge on any atom is 0.0676 e. The summed E-state index contributed by atoms with van der Waals surface area (Å²) in [6.07, 6.45) is 1.10. The molecule has 0 saturated heterocycles. The average molecular weight is 392 g/mol. The highest BCUT2D eigenvalue weighted by Gasteiger charge is 2.41. The fourth-order valence-electron chi connectivity index (χ4n) is 4.89. The lowest BCUT2D eigenvalue weighted by Crippen LogP contribution is -2.33. The molecule has 0 fully saturated rings. The van der Waals surface area contributed by atoms with Crippen LogP contribution < -0.4 is 0 Å². The Morgan fingerprint density at radius 2 is 0.867 bits per heavy atom. The molecule has 4 aromatic carbocycles. The van der Waals surface area contributed by atoms with E-state index in [2.05, 4.69) is 48.5 Å². The van der Waals surface area contributed by atoms with Crippen molar-refractivity contribution in [2.45, 2.75) is 11.8 Å². The van der Waals surface area contributed by atoms with Gasteiger partial charge in [0.15, 0.2) is 0 Å². The number of benzene rings is 4. The van der Waals surface area contributed by atoms with Gasteiger partial charge in [-0.25, -0.2) is 0 Å². The molecule has 0 atom stereocenters. The van der Waals surface area contributed by atoms with Gasteiger partial charge in [-0.15, -0.1) is 0 Å². The van der Waals surface area contributed by atoms with Crippen molar-refractivity contribution in [3.8, 4) is 22.3 Å². The molecule has 0 spiro atoms. The topological polar surface area (TPSA) is 40.5 Å². The van der Waals surface area contributed by atoms with Gasteiger partial charge in [0.2, 0.25) is 0 Å². The summed E-state index contributed by atoms with van der Waals surface area (Å²) in [7, 11) is 0. The van der Waals surface area contributed by atoms with Crippen LogP contribution in [0.1, 0.15) is 22.3 Å². The standard InChI is InChI=1S/C15H14O2.C13H10/c16-9-15(10-17)13-7-3-1-5-11(13)12-6-2-4-8-14(12)15;1-3-7-12-10(5-1)9-11-6-2-4-8-13(11)12/h1-8,16-17H,9-10H2;1-8H,9H2. The first-order valence-electron chi connectivity index (χ1n) is 10.4. The van der Waals surface area contributed by atoms with Crippen LogP contribution >= 0.6 is 0 Å². The number of aliphatic hydroxyl groups excluding tert-OH is 2. The Morgan fingerprint density at radius 3 is 1.30 bits per heavy atom. The quantitative estimate of drug-likeness (QED) is 0.434. The van der Waals surface area contributed by atoms with Crippen LogP contribution in [0.4, 0.5) is 0 Å². The third kappa shape index (κ3) is 2.80. The lowest BCUT2D eigenvalue weighted by Gasteiger charge is -2.27. The average Bonchev–Trinajstić information content (AvgIpc) is 3.33. The van der Waals surface area contributed by atoms with E-state index in [4.69, 9.17) is 0 Å².